The maximum atomic E-state index is 11.6. The van der Waals surface area contributed by atoms with Crippen LogP contribution in [-0.4, -0.2) is 17.6 Å². The smallest absolute Gasteiger partial charge is 0.206 e. The van der Waals surface area contributed by atoms with Crippen LogP contribution in [0.3, 0.4) is 0 Å². The Bertz CT molecular complexity index is 201. The standard InChI is InChI=1S/C8H14OS2/c1-11(2,10)8(9)7-5-3-4-6-7/h5,10H,3-4,6H2,1-2H3. The Labute approximate surface area is 74.4 Å². The molecule has 1 rings (SSSR count). The van der Waals surface area contributed by atoms with Gasteiger partial charge in [0.2, 0.25) is 5.12 Å². The summed E-state index contributed by atoms with van der Waals surface area (Å²) >= 11 is 4.32. The first-order valence-electron chi connectivity index (χ1n) is 3.71. The Kier molecular flexibility index (Phi) is 2.70. The largest absolute Gasteiger partial charge is 0.283 e. The monoisotopic (exact) mass is 190 g/mol. The first-order chi connectivity index (χ1) is 5.02. The van der Waals surface area contributed by atoms with Crippen LogP contribution < -0.4 is 0 Å². The number of hydrogen-bond acceptors (Lipinski definition) is 2. The van der Waals surface area contributed by atoms with E-state index in [1.165, 1.54) is 0 Å². The quantitative estimate of drug-likeness (QED) is 0.496. The average Bonchev–Trinajstić information content (AvgIpc) is 2.34. The number of allylic oxidation sites excluding steroid dienone is 1. The van der Waals surface area contributed by atoms with Gasteiger partial charge in [0.25, 0.3) is 0 Å². The lowest BCUT2D eigenvalue weighted by atomic mass is 10.3. The zero-order valence-electron chi connectivity index (χ0n) is 6.96. The summed E-state index contributed by atoms with van der Waals surface area (Å²) in [5, 5.41) is 0.276. The third-order valence-electron chi connectivity index (χ3n) is 1.76. The van der Waals surface area contributed by atoms with Crippen LogP contribution in [0.2, 0.25) is 0 Å². The molecule has 11 heavy (non-hydrogen) atoms. The van der Waals surface area contributed by atoms with E-state index in [-0.39, 0.29) is 5.12 Å². The van der Waals surface area contributed by atoms with Gasteiger partial charge >= 0.3 is 0 Å². The Morgan fingerprint density at radius 1 is 1.64 bits per heavy atom. The van der Waals surface area contributed by atoms with Gasteiger partial charge in [0.15, 0.2) is 0 Å². The number of hydrogen-bond donors (Lipinski definition) is 1. The molecular formula is C8H14OS2. The summed E-state index contributed by atoms with van der Waals surface area (Å²) in [6.45, 7) is 0. The SMILES string of the molecule is CS(C)(S)C(=O)C1=CCCC1. The summed E-state index contributed by atoms with van der Waals surface area (Å²) in [7, 11) is -1.30. The zero-order chi connectivity index (χ0) is 8.48. The molecule has 0 aromatic rings. The molecule has 64 valence electrons. The molecule has 0 heterocycles. The third-order valence-corrected chi connectivity index (χ3v) is 3.42. The van der Waals surface area contributed by atoms with Gasteiger partial charge in [-0.25, -0.2) is 0 Å². The molecule has 3 heteroatoms. The van der Waals surface area contributed by atoms with Crippen molar-refractivity contribution in [2.75, 3.05) is 12.5 Å². The summed E-state index contributed by atoms with van der Waals surface area (Å²) in [5.41, 5.74) is 1.01. The van der Waals surface area contributed by atoms with Crippen molar-refractivity contribution >= 4 is 25.8 Å². The molecule has 0 aromatic carbocycles. The van der Waals surface area contributed by atoms with Gasteiger partial charge in [0.1, 0.15) is 0 Å². The maximum Gasteiger partial charge on any atom is 0.206 e. The Balaban J connectivity index is 2.68. The van der Waals surface area contributed by atoms with Gasteiger partial charge in [0.05, 0.1) is 0 Å². The first kappa shape index (κ1) is 9.20. The lowest BCUT2D eigenvalue weighted by Crippen LogP contribution is -2.05. The van der Waals surface area contributed by atoms with E-state index in [0.717, 1.165) is 24.8 Å². The van der Waals surface area contributed by atoms with Crippen LogP contribution in [-0.2, 0) is 4.79 Å². The van der Waals surface area contributed by atoms with Crippen LogP contribution in [0.4, 0.5) is 0 Å². The van der Waals surface area contributed by atoms with E-state index in [9.17, 15) is 4.79 Å². The van der Waals surface area contributed by atoms with Gasteiger partial charge < -0.3 is 0 Å². The van der Waals surface area contributed by atoms with Crippen LogP contribution in [0.5, 0.6) is 0 Å². The molecule has 0 fully saturated rings. The predicted octanol–water partition coefficient (Wildman–Crippen LogP) is 2.53. The Hall–Kier alpha value is 0.110. The maximum absolute atomic E-state index is 11.6. The topological polar surface area (TPSA) is 17.1 Å². The van der Waals surface area contributed by atoms with Crippen molar-refractivity contribution in [3.8, 4) is 0 Å². The number of carbonyl (C=O) groups is 1. The molecule has 0 saturated carbocycles. The van der Waals surface area contributed by atoms with E-state index in [2.05, 4.69) is 17.7 Å². The lowest BCUT2D eigenvalue weighted by molar-refractivity contribution is -0.108. The fourth-order valence-electron chi connectivity index (χ4n) is 1.18. The van der Waals surface area contributed by atoms with Crippen LogP contribution >= 0.6 is 20.7 Å². The molecule has 0 atom stereocenters. The molecular weight excluding hydrogens is 176 g/mol. The second kappa shape index (κ2) is 3.23. The van der Waals surface area contributed by atoms with Crippen LogP contribution in [0.15, 0.2) is 11.6 Å². The summed E-state index contributed by atoms with van der Waals surface area (Å²) < 4.78 is 0. The highest BCUT2D eigenvalue weighted by Gasteiger charge is 2.22. The summed E-state index contributed by atoms with van der Waals surface area (Å²) in [4.78, 5) is 11.6. The fourth-order valence-corrected chi connectivity index (χ4v) is 2.36. The number of carbonyl (C=O) groups excluding carboxylic acids is 1. The zero-order valence-corrected chi connectivity index (χ0v) is 8.67. The van der Waals surface area contributed by atoms with Crippen molar-refractivity contribution in [3.05, 3.63) is 11.6 Å². The minimum atomic E-state index is -1.30. The van der Waals surface area contributed by atoms with Gasteiger partial charge in [-0.15, -0.1) is 20.7 Å². The van der Waals surface area contributed by atoms with Crippen molar-refractivity contribution < 1.29 is 4.79 Å². The van der Waals surface area contributed by atoms with E-state index >= 15 is 0 Å². The van der Waals surface area contributed by atoms with E-state index < -0.39 is 9.06 Å². The van der Waals surface area contributed by atoms with Gasteiger partial charge in [-0.05, 0) is 31.8 Å². The van der Waals surface area contributed by atoms with Crippen molar-refractivity contribution in [2.24, 2.45) is 0 Å². The number of thiol groups is 1. The second-order valence-electron chi connectivity index (χ2n) is 3.18. The second-order valence-corrected chi connectivity index (χ2v) is 8.84. The molecule has 1 aliphatic carbocycles. The molecule has 0 radical (unpaired) electrons. The molecule has 0 unspecified atom stereocenters. The van der Waals surface area contributed by atoms with Gasteiger partial charge in [-0.1, -0.05) is 6.08 Å². The molecule has 0 amide bonds. The normalized spacial score (nSPS) is 19.7. The van der Waals surface area contributed by atoms with Gasteiger partial charge in [0, 0.05) is 5.57 Å². The minimum absolute atomic E-state index is 0.276. The molecule has 0 saturated heterocycles. The molecule has 0 bridgehead atoms. The van der Waals surface area contributed by atoms with Gasteiger partial charge in [-0.2, -0.15) is 0 Å². The van der Waals surface area contributed by atoms with Gasteiger partial charge in [-0.3, -0.25) is 4.79 Å². The summed E-state index contributed by atoms with van der Waals surface area (Å²) in [6.07, 6.45) is 9.10. The Morgan fingerprint density at radius 2 is 2.27 bits per heavy atom. The Morgan fingerprint density at radius 3 is 2.64 bits per heavy atom. The van der Waals surface area contributed by atoms with Crippen LogP contribution in [0.25, 0.3) is 0 Å². The highest BCUT2D eigenvalue weighted by atomic mass is 33.1. The van der Waals surface area contributed by atoms with Crippen molar-refractivity contribution in [1.29, 1.82) is 0 Å². The van der Waals surface area contributed by atoms with E-state index in [1.807, 2.05) is 12.5 Å². The van der Waals surface area contributed by atoms with Crippen LogP contribution in [0.1, 0.15) is 19.3 Å². The molecule has 0 aliphatic heterocycles. The van der Waals surface area contributed by atoms with Crippen molar-refractivity contribution in [3.63, 3.8) is 0 Å². The first-order valence-corrected chi connectivity index (χ1v) is 7.21. The fraction of sp³-hybridized carbons (Fsp3) is 0.625. The minimum Gasteiger partial charge on any atom is -0.283 e. The molecule has 0 spiro atoms. The molecule has 0 N–H and O–H groups in total. The van der Waals surface area contributed by atoms with E-state index in [1.54, 1.807) is 0 Å². The average molecular weight is 190 g/mol. The summed E-state index contributed by atoms with van der Waals surface area (Å²) in [6, 6.07) is 0. The highest BCUT2D eigenvalue weighted by molar-refractivity contribution is 8.93. The van der Waals surface area contributed by atoms with E-state index in [4.69, 9.17) is 0 Å². The molecule has 0 aromatic heterocycles. The van der Waals surface area contributed by atoms with Crippen molar-refractivity contribution in [1.82, 2.24) is 0 Å². The third kappa shape index (κ3) is 2.27. The summed E-state index contributed by atoms with van der Waals surface area (Å²) in [5.74, 6) is 0. The predicted molar refractivity (Wildman–Crippen MR) is 55.4 cm³/mol. The number of rotatable bonds is 1. The lowest BCUT2D eigenvalue weighted by Gasteiger charge is -2.21. The van der Waals surface area contributed by atoms with Crippen LogP contribution in [0, 0.1) is 0 Å². The highest BCUT2D eigenvalue weighted by Crippen LogP contribution is 2.49. The van der Waals surface area contributed by atoms with Crippen molar-refractivity contribution in [2.45, 2.75) is 19.3 Å². The molecule has 1 aliphatic rings. The van der Waals surface area contributed by atoms with E-state index in [0.29, 0.717) is 0 Å². The molecule has 1 nitrogen and oxygen atoms in total.